The van der Waals surface area contributed by atoms with E-state index in [0.29, 0.717) is 17.1 Å². The summed E-state index contributed by atoms with van der Waals surface area (Å²) in [6.45, 7) is 4.10. The number of aryl methyl sites for hydroxylation is 2. The lowest BCUT2D eigenvalue weighted by molar-refractivity contribution is -0.119. The lowest BCUT2D eigenvalue weighted by Crippen LogP contribution is -2.42. The van der Waals surface area contributed by atoms with Gasteiger partial charge < -0.3 is 0 Å². The lowest BCUT2D eigenvalue weighted by Gasteiger charge is -2.14. The highest BCUT2D eigenvalue weighted by molar-refractivity contribution is 7.99. The number of benzene rings is 3. The number of thioether (sulfide) groups is 1. The second-order valence-corrected chi connectivity index (χ2v) is 8.79. The predicted octanol–water partition coefficient (Wildman–Crippen LogP) is 4.03. The number of carbonyl (C=O) groups excluding carboxylic acids is 2. The second kappa shape index (κ2) is 10.8. The summed E-state index contributed by atoms with van der Waals surface area (Å²) in [4.78, 5) is 24.6. The van der Waals surface area contributed by atoms with Gasteiger partial charge in [-0.15, -0.1) is 10.2 Å². The summed E-state index contributed by atoms with van der Waals surface area (Å²) < 4.78 is 2.00. The minimum atomic E-state index is -0.373. The molecule has 7 nitrogen and oxygen atoms in total. The minimum absolute atomic E-state index is 0.0729. The molecule has 0 unspecified atom stereocenters. The Labute approximate surface area is 202 Å². The van der Waals surface area contributed by atoms with Gasteiger partial charge in [0.2, 0.25) is 5.91 Å². The fraction of sp³-hybridized carbons (Fsp3) is 0.154. The Bertz CT molecular complexity index is 1290. The molecule has 2 N–H and O–H groups in total. The van der Waals surface area contributed by atoms with E-state index in [-0.39, 0.29) is 17.6 Å². The number of carbonyl (C=O) groups is 2. The van der Waals surface area contributed by atoms with Crippen molar-refractivity contribution in [2.24, 2.45) is 0 Å². The van der Waals surface area contributed by atoms with E-state index in [4.69, 9.17) is 0 Å². The van der Waals surface area contributed by atoms with Gasteiger partial charge in [-0.25, -0.2) is 0 Å². The Morgan fingerprint density at radius 3 is 2.29 bits per heavy atom. The molecule has 0 aliphatic rings. The molecular weight excluding hydrogens is 446 g/mol. The van der Waals surface area contributed by atoms with Gasteiger partial charge in [0.1, 0.15) is 5.82 Å². The van der Waals surface area contributed by atoms with Crippen LogP contribution in [0.4, 0.5) is 0 Å². The monoisotopic (exact) mass is 471 g/mol. The molecule has 8 heteroatoms. The highest BCUT2D eigenvalue weighted by Gasteiger charge is 2.18. The Morgan fingerprint density at radius 2 is 1.59 bits per heavy atom. The van der Waals surface area contributed by atoms with Gasteiger partial charge in [-0.2, -0.15) is 0 Å². The van der Waals surface area contributed by atoms with Crippen LogP contribution in [0, 0.1) is 13.8 Å². The number of hydrogen-bond acceptors (Lipinski definition) is 5. The van der Waals surface area contributed by atoms with E-state index in [1.165, 1.54) is 17.3 Å². The molecule has 3 aromatic carbocycles. The van der Waals surface area contributed by atoms with E-state index in [1.54, 1.807) is 24.3 Å². The van der Waals surface area contributed by atoms with Crippen LogP contribution in [-0.2, 0) is 11.2 Å². The van der Waals surface area contributed by atoms with E-state index < -0.39 is 0 Å². The number of nitrogens with zero attached hydrogens (tertiary/aromatic N) is 3. The zero-order valence-electron chi connectivity index (χ0n) is 19.0. The van der Waals surface area contributed by atoms with Gasteiger partial charge in [0.15, 0.2) is 5.16 Å². The van der Waals surface area contributed by atoms with Crippen molar-refractivity contribution in [2.45, 2.75) is 25.4 Å². The number of rotatable bonds is 7. The highest BCUT2D eigenvalue weighted by Crippen LogP contribution is 2.26. The third-order valence-corrected chi connectivity index (χ3v) is 6.11. The summed E-state index contributed by atoms with van der Waals surface area (Å²) >= 11 is 1.27. The van der Waals surface area contributed by atoms with Crippen LogP contribution < -0.4 is 10.9 Å². The Morgan fingerprint density at radius 1 is 0.882 bits per heavy atom. The molecule has 0 atom stereocenters. The van der Waals surface area contributed by atoms with Crippen LogP contribution >= 0.6 is 11.8 Å². The number of hydrogen-bond donors (Lipinski definition) is 2. The third-order valence-electron chi connectivity index (χ3n) is 5.18. The topological polar surface area (TPSA) is 88.9 Å². The molecule has 1 heterocycles. The number of aromatic nitrogens is 3. The summed E-state index contributed by atoms with van der Waals surface area (Å²) in [6, 6.07) is 25.0. The minimum Gasteiger partial charge on any atom is -0.273 e. The van der Waals surface area contributed by atoms with Crippen molar-refractivity contribution < 1.29 is 9.59 Å². The van der Waals surface area contributed by atoms with Crippen LogP contribution in [0.5, 0.6) is 0 Å². The van der Waals surface area contributed by atoms with E-state index in [1.807, 2.05) is 34.9 Å². The Hall–Kier alpha value is -3.91. The SMILES string of the molecule is Cc1ccc(-n2c(Cc3ccccc3)nnc2SCC(=O)NNC(=O)c2ccccc2)c(C)c1. The summed E-state index contributed by atoms with van der Waals surface area (Å²) in [5.41, 5.74) is 9.73. The van der Waals surface area contributed by atoms with Crippen LogP contribution in [-0.4, -0.2) is 32.3 Å². The highest BCUT2D eigenvalue weighted by atomic mass is 32.2. The van der Waals surface area contributed by atoms with Gasteiger partial charge in [0.25, 0.3) is 5.91 Å². The first kappa shape index (κ1) is 23.3. The number of amides is 2. The van der Waals surface area contributed by atoms with Crippen molar-refractivity contribution >= 4 is 23.6 Å². The largest absolute Gasteiger partial charge is 0.273 e. The first-order valence-corrected chi connectivity index (χ1v) is 11.8. The molecule has 0 fully saturated rings. The molecule has 0 saturated heterocycles. The smallest absolute Gasteiger partial charge is 0.269 e. The van der Waals surface area contributed by atoms with Gasteiger partial charge in [-0.1, -0.05) is 78.0 Å². The molecule has 4 rings (SSSR count). The van der Waals surface area contributed by atoms with E-state index in [0.717, 1.165) is 22.6 Å². The Balaban J connectivity index is 1.49. The summed E-state index contributed by atoms with van der Waals surface area (Å²) in [5, 5.41) is 9.42. The summed E-state index contributed by atoms with van der Waals surface area (Å²) in [6.07, 6.45) is 0.612. The molecule has 34 heavy (non-hydrogen) atoms. The van der Waals surface area contributed by atoms with Crippen molar-refractivity contribution in [3.8, 4) is 5.69 Å². The maximum atomic E-state index is 12.4. The van der Waals surface area contributed by atoms with E-state index in [2.05, 4.69) is 59.2 Å². The molecule has 172 valence electrons. The molecule has 4 aromatic rings. The molecule has 0 radical (unpaired) electrons. The zero-order chi connectivity index (χ0) is 23.9. The zero-order valence-corrected chi connectivity index (χ0v) is 19.8. The number of nitrogens with one attached hydrogen (secondary N) is 2. The maximum absolute atomic E-state index is 12.4. The standard InChI is InChI=1S/C26H25N5O2S/c1-18-13-14-22(19(2)15-18)31-23(16-20-9-5-3-6-10-20)27-30-26(31)34-17-24(32)28-29-25(33)21-11-7-4-8-12-21/h3-15H,16-17H2,1-2H3,(H,28,32)(H,29,33). The normalized spacial score (nSPS) is 10.6. The van der Waals surface area contributed by atoms with E-state index >= 15 is 0 Å². The second-order valence-electron chi connectivity index (χ2n) is 7.84. The lowest BCUT2D eigenvalue weighted by atomic mass is 10.1. The Kier molecular flexibility index (Phi) is 7.39. The van der Waals surface area contributed by atoms with Crippen LogP contribution in [0.3, 0.4) is 0 Å². The molecule has 0 aliphatic carbocycles. The van der Waals surface area contributed by atoms with Crippen LogP contribution in [0.1, 0.15) is 32.9 Å². The maximum Gasteiger partial charge on any atom is 0.269 e. The fourth-order valence-corrected chi connectivity index (χ4v) is 4.30. The molecular formula is C26H25N5O2S. The predicted molar refractivity (Wildman–Crippen MR) is 133 cm³/mol. The van der Waals surface area contributed by atoms with Crippen molar-refractivity contribution in [1.29, 1.82) is 0 Å². The molecule has 1 aromatic heterocycles. The average Bonchev–Trinajstić information content (AvgIpc) is 3.24. The van der Waals surface area contributed by atoms with E-state index in [9.17, 15) is 9.59 Å². The van der Waals surface area contributed by atoms with Crippen molar-refractivity contribution in [2.75, 3.05) is 5.75 Å². The van der Waals surface area contributed by atoms with Crippen molar-refractivity contribution in [3.63, 3.8) is 0 Å². The van der Waals surface area contributed by atoms with Crippen LogP contribution in [0.15, 0.2) is 84.0 Å². The molecule has 0 bridgehead atoms. The number of hydrazine groups is 1. The van der Waals surface area contributed by atoms with Crippen molar-refractivity contribution in [1.82, 2.24) is 25.6 Å². The van der Waals surface area contributed by atoms with Gasteiger partial charge in [0.05, 0.1) is 11.4 Å². The van der Waals surface area contributed by atoms with Gasteiger partial charge in [-0.05, 0) is 43.2 Å². The third kappa shape index (κ3) is 5.71. The summed E-state index contributed by atoms with van der Waals surface area (Å²) in [5.74, 6) is 0.152. The average molecular weight is 472 g/mol. The summed E-state index contributed by atoms with van der Waals surface area (Å²) in [7, 11) is 0. The van der Waals surface area contributed by atoms with Crippen LogP contribution in [0.2, 0.25) is 0 Å². The molecule has 0 aliphatic heterocycles. The first-order valence-electron chi connectivity index (χ1n) is 10.8. The first-order chi connectivity index (χ1) is 16.5. The van der Waals surface area contributed by atoms with Gasteiger partial charge in [-0.3, -0.25) is 25.0 Å². The molecule has 0 saturated carbocycles. The quantitative estimate of drug-likeness (QED) is 0.314. The van der Waals surface area contributed by atoms with Crippen LogP contribution in [0.25, 0.3) is 5.69 Å². The van der Waals surface area contributed by atoms with Gasteiger partial charge in [0, 0.05) is 12.0 Å². The van der Waals surface area contributed by atoms with Gasteiger partial charge >= 0.3 is 0 Å². The van der Waals surface area contributed by atoms with Crippen molar-refractivity contribution in [3.05, 3.63) is 107 Å². The fourth-order valence-electron chi connectivity index (χ4n) is 3.54. The molecule has 2 amide bonds. The molecule has 0 spiro atoms.